The fraction of sp³-hybridized carbons (Fsp3) is 0.176. The summed E-state index contributed by atoms with van der Waals surface area (Å²) in [6.45, 7) is -0.553. The number of likely N-dealkylation sites (N-methyl/N-ethyl adjacent to an activating group) is 1. The number of rotatable bonds is 4. The van der Waals surface area contributed by atoms with Crippen LogP contribution in [0.15, 0.2) is 33.5 Å². The van der Waals surface area contributed by atoms with Gasteiger partial charge in [0.25, 0.3) is 5.56 Å². The molecule has 0 saturated carbocycles. The number of carboxylic acid groups (broad SMARTS) is 1. The van der Waals surface area contributed by atoms with E-state index in [1.807, 2.05) is 5.32 Å². The van der Waals surface area contributed by atoms with Crippen LogP contribution in [0.5, 0.6) is 11.5 Å². The summed E-state index contributed by atoms with van der Waals surface area (Å²) in [6.07, 6.45) is -5.21. The Morgan fingerprint density at radius 1 is 1.29 bits per heavy atom. The lowest BCUT2D eigenvalue weighted by atomic mass is 10.2. The highest BCUT2D eigenvalue weighted by atomic mass is 35.5. The van der Waals surface area contributed by atoms with Crippen LogP contribution in [-0.2, 0) is 11.3 Å². The number of halogens is 3. The Balaban J connectivity index is 1.59. The van der Waals surface area contributed by atoms with Gasteiger partial charge in [0.15, 0.2) is 22.2 Å². The maximum atomic E-state index is 13.2. The number of aromatic nitrogens is 2. The molecule has 1 aromatic carbocycles. The number of alkyl halides is 2. The van der Waals surface area contributed by atoms with Gasteiger partial charge in [0.2, 0.25) is 11.8 Å². The Morgan fingerprint density at radius 3 is 2.71 bits per heavy atom. The molecule has 0 saturated heterocycles. The minimum absolute atomic E-state index is 0.0930. The van der Waals surface area contributed by atoms with E-state index in [1.54, 1.807) is 0 Å². The van der Waals surface area contributed by atoms with E-state index < -0.39 is 30.4 Å². The molecule has 3 heterocycles. The van der Waals surface area contributed by atoms with Gasteiger partial charge in [-0.3, -0.25) is 14.9 Å². The van der Waals surface area contributed by atoms with Crippen molar-refractivity contribution in [3.05, 3.63) is 39.8 Å². The average Bonchev–Trinajstić information content (AvgIpc) is 3.23. The lowest BCUT2D eigenvalue weighted by Crippen LogP contribution is -2.35. The van der Waals surface area contributed by atoms with Crippen LogP contribution in [0, 0.1) is 0 Å². The molecule has 4 rings (SSSR count). The van der Waals surface area contributed by atoms with Crippen molar-refractivity contribution < 1.29 is 37.4 Å². The molecule has 0 fully saturated rings. The van der Waals surface area contributed by atoms with Crippen molar-refractivity contribution in [1.82, 2.24) is 9.78 Å². The number of anilines is 2. The molecule has 0 bridgehead atoms. The first kappa shape index (κ1) is 20.4. The molecule has 162 valence electrons. The molecule has 2 aromatic heterocycles. The van der Waals surface area contributed by atoms with Crippen LogP contribution in [0.4, 0.5) is 25.1 Å². The van der Waals surface area contributed by atoms with Crippen LogP contribution in [0.1, 0.15) is 0 Å². The molecule has 1 aliphatic heterocycles. The van der Waals surface area contributed by atoms with Crippen molar-refractivity contribution in [1.29, 1.82) is 0 Å². The number of hydrogen-bond acceptors (Lipinski definition) is 7. The monoisotopic (exact) mass is 456 g/mol. The lowest BCUT2D eigenvalue weighted by Gasteiger charge is -2.18. The van der Waals surface area contributed by atoms with Gasteiger partial charge >= 0.3 is 12.4 Å². The first-order valence-electron chi connectivity index (χ1n) is 8.40. The van der Waals surface area contributed by atoms with Crippen molar-refractivity contribution >= 4 is 46.1 Å². The number of furan rings is 1. The molecule has 0 aliphatic carbocycles. The second kappa shape index (κ2) is 7.12. The number of nitrogens with zero attached hydrogens (tertiary/aromatic N) is 3. The van der Waals surface area contributed by atoms with Gasteiger partial charge in [0.05, 0.1) is 5.39 Å². The molecule has 2 N–H and O–H groups in total. The molecule has 31 heavy (non-hydrogen) atoms. The minimum Gasteiger partial charge on any atom is -0.465 e. The number of amides is 2. The Bertz CT molecular complexity index is 1290. The fourth-order valence-corrected chi connectivity index (χ4v) is 3.07. The van der Waals surface area contributed by atoms with Crippen LogP contribution in [0.25, 0.3) is 11.0 Å². The lowest BCUT2D eigenvalue weighted by molar-refractivity contribution is -0.286. The third-order valence-electron chi connectivity index (χ3n) is 4.25. The van der Waals surface area contributed by atoms with E-state index in [-0.39, 0.29) is 39.2 Å². The predicted molar refractivity (Wildman–Crippen MR) is 101 cm³/mol. The number of ether oxygens (including phenoxy) is 2. The van der Waals surface area contributed by atoms with Gasteiger partial charge in [-0.05, 0) is 12.1 Å². The van der Waals surface area contributed by atoms with Gasteiger partial charge in [0, 0.05) is 24.9 Å². The highest BCUT2D eigenvalue weighted by molar-refractivity contribution is 6.33. The average molecular weight is 457 g/mol. The molecule has 3 aromatic rings. The molecule has 0 atom stereocenters. The summed E-state index contributed by atoms with van der Waals surface area (Å²) in [5.41, 5.74) is -0.709. The molecule has 0 spiro atoms. The number of fused-ring (bicyclic) bond motifs is 2. The Kier molecular flexibility index (Phi) is 4.69. The van der Waals surface area contributed by atoms with E-state index in [0.717, 1.165) is 15.6 Å². The zero-order chi connectivity index (χ0) is 22.5. The Hall–Kier alpha value is -3.87. The van der Waals surface area contributed by atoms with E-state index in [9.17, 15) is 23.2 Å². The number of benzene rings is 1. The molecular weight excluding hydrogens is 446 g/mol. The third kappa shape index (κ3) is 3.82. The quantitative estimate of drug-likeness (QED) is 0.611. The van der Waals surface area contributed by atoms with E-state index in [4.69, 9.17) is 21.1 Å². The maximum absolute atomic E-state index is 13.2. The smallest absolute Gasteiger partial charge is 0.465 e. The zero-order valence-corrected chi connectivity index (χ0v) is 16.1. The number of hydrogen-bond donors (Lipinski definition) is 2. The van der Waals surface area contributed by atoms with Crippen molar-refractivity contribution in [2.75, 3.05) is 17.3 Å². The SMILES string of the molecule is CN(C(=O)Cn1nc(Cl)c2oc(NC(=O)O)cc2c1=O)c1ccc2c(c1)OC(F)(F)O2. The highest BCUT2D eigenvalue weighted by Gasteiger charge is 2.43. The van der Waals surface area contributed by atoms with Crippen LogP contribution in [0.3, 0.4) is 0 Å². The number of nitrogens with one attached hydrogen (secondary N) is 1. The van der Waals surface area contributed by atoms with Gasteiger partial charge in [-0.2, -0.15) is 5.10 Å². The molecule has 14 heteroatoms. The van der Waals surface area contributed by atoms with Crippen molar-refractivity contribution in [3.8, 4) is 11.5 Å². The van der Waals surface area contributed by atoms with Crippen LogP contribution in [-0.4, -0.2) is 40.2 Å². The van der Waals surface area contributed by atoms with Crippen molar-refractivity contribution in [2.24, 2.45) is 0 Å². The summed E-state index contributed by atoms with van der Waals surface area (Å²) in [7, 11) is 1.36. The largest absolute Gasteiger partial charge is 0.586 e. The minimum atomic E-state index is -3.80. The van der Waals surface area contributed by atoms with Gasteiger partial charge in [-0.1, -0.05) is 11.6 Å². The van der Waals surface area contributed by atoms with Crippen LogP contribution < -0.4 is 25.2 Å². The first-order valence-corrected chi connectivity index (χ1v) is 8.78. The summed E-state index contributed by atoms with van der Waals surface area (Å²) in [4.78, 5) is 37.1. The summed E-state index contributed by atoms with van der Waals surface area (Å²) in [5.74, 6) is -1.32. The van der Waals surface area contributed by atoms with Crippen LogP contribution in [0.2, 0.25) is 5.15 Å². The van der Waals surface area contributed by atoms with Gasteiger partial charge in [-0.25, -0.2) is 9.48 Å². The predicted octanol–water partition coefficient (Wildman–Crippen LogP) is 2.72. The fourth-order valence-electron chi connectivity index (χ4n) is 2.84. The normalized spacial score (nSPS) is 13.9. The summed E-state index contributed by atoms with van der Waals surface area (Å²) >= 11 is 5.99. The molecule has 1 aliphatic rings. The second-order valence-corrected chi connectivity index (χ2v) is 6.65. The third-order valence-corrected chi connectivity index (χ3v) is 4.50. The van der Waals surface area contributed by atoms with Gasteiger partial charge in [0.1, 0.15) is 6.54 Å². The molecule has 0 radical (unpaired) electrons. The summed E-state index contributed by atoms with van der Waals surface area (Å²) in [5, 5.41) is 14.1. The molecule has 2 amide bonds. The number of carbonyl (C=O) groups excluding carboxylic acids is 1. The Morgan fingerprint density at radius 2 is 2.00 bits per heavy atom. The van der Waals surface area contributed by atoms with E-state index >= 15 is 0 Å². The van der Waals surface area contributed by atoms with Crippen molar-refractivity contribution in [2.45, 2.75) is 12.8 Å². The topological polar surface area (TPSA) is 136 Å². The van der Waals surface area contributed by atoms with Crippen molar-refractivity contribution in [3.63, 3.8) is 0 Å². The summed E-state index contributed by atoms with van der Waals surface area (Å²) in [6, 6.07) is 4.86. The highest BCUT2D eigenvalue weighted by Crippen LogP contribution is 2.42. The maximum Gasteiger partial charge on any atom is 0.586 e. The standard InChI is InChI=1S/C17H11ClF2N4O7/c1-23(7-2-3-9-10(4-7)31-17(19,20)30-9)12(25)6-24-15(26)8-5-11(21-16(27)28)29-13(8)14(18)22-24/h2-5,21H,6H2,1H3,(H,27,28). The van der Waals surface area contributed by atoms with Gasteiger partial charge in [-0.15, -0.1) is 8.78 Å². The van der Waals surface area contributed by atoms with E-state index in [2.05, 4.69) is 14.6 Å². The zero-order valence-electron chi connectivity index (χ0n) is 15.4. The molecule has 0 unspecified atom stereocenters. The second-order valence-electron chi connectivity index (χ2n) is 6.29. The van der Waals surface area contributed by atoms with E-state index in [1.165, 1.54) is 25.2 Å². The first-order chi connectivity index (χ1) is 14.5. The van der Waals surface area contributed by atoms with E-state index in [0.29, 0.717) is 0 Å². The van der Waals surface area contributed by atoms with Crippen LogP contribution >= 0.6 is 11.6 Å². The number of carbonyl (C=O) groups is 2. The Labute approximate surface area is 175 Å². The summed E-state index contributed by atoms with van der Waals surface area (Å²) < 4.78 is 40.9. The molecular formula is C17H11ClF2N4O7. The molecule has 11 nitrogen and oxygen atoms in total. The van der Waals surface area contributed by atoms with Gasteiger partial charge < -0.3 is 23.9 Å².